The van der Waals surface area contributed by atoms with Gasteiger partial charge in [0.1, 0.15) is 5.84 Å². The highest BCUT2D eigenvalue weighted by Gasteiger charge is 2.30. The third-order valence-corrected chi connectivity index (χ3v) is 7.49. The smallest absolute Gasteiger partial charge is 0.263 e. The van der Waals surface area contributed by atoms with Crippen LogP contribution in [-0.4, -0.2) is 64.5 Å². The van der Waals surface area contributed by atoms with Crippen LogP contribution in [0.5, 0.6) is 0 Å². The Morgan fingerprint density at radius 1 is 1.23 bits per heavy atom. The zero-order valence-electron chi connectivity index (χ0n) is 16.4. The van der Waals surface area contributed by atoms with Gasteiger partial charge in [-0.2, -0.15) is 0 Å². The molecule has 8 nitrogen and oxygen atoms in total. The highest BCUT2D eigenvalue weighted by Crippen LogP contribution is 2.25. The molecule has 2 aliphatic rings. The van der Waals surface area contributed by atoms with E-state index in [0.717, 1.165) is 13.1 Å². The quantitative estimate of drug-likeness (QED) is 0.666. The highest BCUT2D eigenvalue weighted by molar-refractivity contribution is 7.90. The molecule has 0 aliphatic carbocycles. The number of amidine groups is 1. The van der Waals surface area contributed by atoms with Crippen molar-refractivity contribution in [2.75, 3.05) is 39.4 Å². The Hall–Kier alpha value is -2.27. The van der Waals surface area contributed by atoms with Gasteiger partial charge < -0.3 is 10.1 Å². The number of ether oxygens (including phenoxy) is 1. The van der Waals surface area contributed by atoms with Crippen LogP contribution in [0.4, 0.5) is 0 Å². The monoisotopic (exact) mass is 448 g/mol. The Morgan fingerprint density at radius 3 is 2.80 bits per heavy atom. The Bertz CT molecular complexity index is 1020. The Morgan fingerprint density at radius 2 is 2.03 bits per heavy atom. The molecule has 4 rings (SSSR count). The molecule has 1 amide bonds. The molecule has 1 atom stereocenters. The van der Waals surface area contributed by atoms with Crippen molar-refractivity contribution in [2.24, 2.45) is 4.99 Å². The van der Waals surface area contributed by atoms with Crippen molar-refractivity contribution < 1.29 is 17.9 Å². The van der Waals surface area contributed by atoms with Gasteiger partial charge in [-0.3, -0.25) is 19.4 Å². The average molecular weight is 449 g/mol. The molecule has 3 heterocycles. The van der Waals surface area contributed by atoms with Crippen LogP contribution in [-0.2, 0) is 19.6 Å². The number of hydrogen-bond donors (Lipinski definition) is 2. The van der Waals surface area contributed by atoms with Crippen LogP contribution in [0.25, 0.3) is 0 Å². The maximum Gasteiger partial charge on any atom is 0.263 e. The number of morpholine rings is 1. The number of rotatable bonds is 7. The number of nitrogens with zero attached hydrogens (tertiary/aromatic N) is 2. The first-order chi connectivity index (χ1) is 14.5. The summed E-state index contributed by atoms with van der Waals surface area (Å²) >= 11 is 1.68. The maximum atomic E-state index is 12.4. The van der Waals surface area contributed by atoms with E-state index in [1.807, 2.05) is 11.4 Å². The highest BCUT2D eigenvalue weighted by atomic mass is 32.2. The largest absolute Gasteiger partial charge is 0.379 e. The number of amides is 1. The fourth-order valence-corrected chi connectivity index (χ4v) is 5.71. The van der Waals surface area contributed by atoms with Crippen molar-refractivity contribution >= 4 is 33.1 Å². The molecule has 1 aromatic carbocycles. The first-order valence-electron chi connectivity index (χ1n) is 9.83. The van der Waals surface area contributed by atoms with Gasteiger partial charge in [0.25, 0.3) is 10.0 Å². The van der Waals surface area contributed by atoms with Crippen LogP contribution in [0.3, 0.4) is 0 Å². The van der Waals surface area contributed by atoms with Crippen LogP contribution in [0.1, 0.15) is 22.9 Å². The standard InChI is InChI=1S/C20H24N4O4S2/c25-19(7-8-21-20-15-4-1-2-6-18(15)30(26,27)23-20)22-14-16(17-5-3-13-29-17)24-9-11-28-12-10-24/h1-6,13,16H,7-12,14H2,(H,21,23)(H,22,25)/t16-/m0/s1. The minimum Gasteiger partial charge on any atom is -0.379 e. The van der Waals surface area contributed by atoms with Gasteiger partial charge in [-0.1, -0.05) is 18.2 Å². The van der Waals surface area contributed by atoms with Crippen LogP contribution in [0.15, 0.2) is 51.7 Å². The van der Waals surface area contributed by atoms with Gasteiger partial charge >= 0.3 is 0 Å². The van der Waals surface area contributed by atoms with Gasteiger partial charge in [-0.25, -0.2) is 8.42 Å². The normalized spacial score (nSPS) is 20.5. The Kier molecular flexibility index (Phi) is 6.47. The van der Waals surface area contributed by atoms with Crippen molar-refractivity contribution in [3.8, 4) is 0 Å². The number of sulfonamides is 1. The van der Waals surface area contributed by atoms with Gasteiger partial charge in [0, 0.05) is 36.5 Å². The molecule has 1 saturated heterocycles. The summed E-state index contributed by atoms with van der Waals surface area (Å²) in [6, 6.07) is 10.9. The summed E-state index contributed by atoms with van der Waals surface area (Å²) in [7, 11) is -3.56. The maximum absolute atomic E-state index is 12.4. The number of hydrogen-bond acceptors (Lipinski definition) is 7. The van der Waals surface area contributed by atoms with Crippen LogP contribution >= 0.6 is 11.3 Å². The van der Waals surface area contributed by atoms with E-state index >= 15 is 0 Å². The molecule has 2 N–H and O–H groups in total. The van der Waals surface area contributed by atoms with Gasteiger partial charge in [0.05, 0.1) is 30.7 Å². The molecule has 0 bridgehead atoms. The van der Waals surface area contributed by atoms with Crippen molar-refractivity contribution in [3.63, 3.8) is 0 Å². The van der Waals surface area contributed by atoms with E-state index in [4.69, 9.17) is 4.74 Å². The molecule has 30 heavy (non-hydrogen) atoms. The summed E-state index contributed by atoms with van der Waals surface area (Å²) in [5.41, 5.74) is 0.544. The molecule has 10 heteroatoms. The second-order valence-corrected chi connectivity index (χ2v) is 9.70. The van der Waals surface area contributed by atoms with E-state index in [2.05, 4.69) is 26.0 Å². The minimum absolute atomic E-state index is 0.108. The fourth-order valence-electron chi connectivity index (χ4n) is 3.60. The van der Waals surface area contributed by atoms with Crippen molar-refractivity contribution in [1.82, 2.24) is 14.9 Å². The molecule has 160 valence electrons. The predicted molar refractivity (Wildman–Crippen MR) is 115 cm³/mol. The molecule has 0 unspecified atom stereocenters. The lowest BCUT2D eigenvalue weighted by molar-refractivity contribution is -0.121. The lowest BCUT2D eigenvalue weighted by atomic mass is 10.2. The van der Waals surface area contributed by atoms with Crippen molar-refractivity contribution in [2.45, 2.75) is 17.4 Å². The molecule has 0 saturated carbocycles. The molecule has 2 aromatic rings. The van der Waals surface area contributed by atoms with E-state index in [1.54, 1.807) is 35.6 Å². The number of benzene rings is 1. The minimum atomic E-state index is -3.56. The van der Waals surface area contributed by atoms with Gasteiger partial charge in [-0.15, -0.1) is 11.3 Å². The second kappa shape index (κ2) is 9.25. The number of nitrogens with one attached hydrogen (secondary N) is 2. The van der Waals surface area contributed by atoms with Crippen LogP contribution in [0.2, 0.25) is 0 Å². The van der Waals surface area contributed by atoms with Gasteiger partial charge in [-0.05, 0) is 23.6 Å². The lowest BCUT2D eigenvalue weighted by Crippen LogP contribution is -2.43. The van der Waals surface area contributed by atoms with Crippen LogP contribution in [0, 0.1) is 0 Å². The molecule has 0 spiro atoms. The molecular formula is C20H24N4O4S2. The van der Waals surface area contributed by atoms with E-state index in [0.29, 0.717) is 31.2 Å². The van der Waals surface area contributed by atoms with E-state index in [9.17, 15) is 13.2 Å². The summed E-state index contributed by atoms with van der Waals surface area (Å²) in [6.45, 7) is 3.80. The van der Waals surface area contributed by atoms with E-state index < -0.39 is 10.0 Å². The zero-order valence-corrected chi connectivity index (χ0v) is 18.0. The van der Waals surface area contributed by atoms with Gasteiger partial charge in [0.15, 0.2) is 0 Å². The first-order valence-corrected chi connectivity index (χ1v) is 12.2. The molecular weight excluding hydrogens is 424 g/mol. The lowest BCUT2D eigenvalue weighted by Gasteiger charge is -2.34. The Balaban J connectivity index is 1.33. The summed E-state index contributed by atoms with van der Waals surface area (Å²) in [6.07, 6.45) is 0.188. The van der Waals surface area contributed by atoms with Crippen molar-refractivity contribution in [1.29, 1.82) is 0 Å². The number of carbonyl (C=O) groups is 1. The third kappa shape index (κ3) is 4.72. The molecule has 0 radical (unpaired) electrons. The molecule has 2 aliphatic heterocycles. The zero-order chi connectivity index (χ0) is 21.0. The summed E-state index contributed by atoms with van der Waals surface area (Å²) in [5.74, 6) is 0.187. The van der Waals surface area contributed by atoms with E-state index in [1.165, 1.54) is 4.88 Å². The van der Waals surface area contributed by atoms with E-state index in [-0.39, 0.29) is 29.8 Å². The molecule has 1 aromatic heterocycles. The number of thiophene rings is 1. The SMILES string of the molecule is O=C(CCN=C1NS(=O)(=O)c2ccccc21)NC[C@@H](c1cccs1)N1CCOCC1. The fraction of sp³-hybridized carbons (Fsp3) is 0.400. The summed E-state index contributed by atoms with van der Waals surface area (Å²) < 4.78 is 32.1. The first kappa shape index (κ1) is 21.0. The predicted octanol–water partition coefficient (Wildman–Crippen LogP) is 1.37. The summed E-state index contributed by atoms with van der Waals surface area (Å²) in [5, 5.41) is 5.05. The van der Waals surface area contributed by atoms with Crippen LogP contribution < -0.4 is 10.0 Å². The molecule has 1 fully saturated rings. The number of fused-ring (bicyclic) bond motifs is 1. The Labute approximate surface area is 180 Å². The third-order valence-electron chi connectivity index (χ3n) is 5.12. The van der Waals surface area contributed by atoms with Gasteiger partial charge in [0.2, 0.25) is 5.91 Å². The number of aliphatic imine (C=N–C) groups is 1. The second-order valence-electron chi connectivity index (χ2n) is 7.07. The topological polar surface area (TPSA) is 100 Å². The average Bonchev–Trinajstić information content (AvgIpc) is 3.36. The summed E-state index contributed by atoms with van der Waals surface area (Å²) in [4.78, 5) is 20.5. The number of carbonyl (C=O) groups excluding carboxylic acids is 1. The van der Waals surface area contributed by atoms with Crippen molar-refractivity contribution in [3.05, 3.63) is 52.2 Å².